The van der Waals surface area contributed by atoms with E-state index in [1.807, 2.05) is 24.3 Å². The second-order valence-corrected chi connectivity index (χ2v) is 3.44. The molecule has 3 heteroatoms. The van der Waals surface area contributed by atoms with Gasteiger partial charge in [-0.1, -0.05) is 24.1 Å². The Morgan fingerprint density at radius 3 is 2.81 bits per heavy atom. The molecule has 0 aliphatic carbocycles. The van der Waals surface area contributed by atoms with Gasteiger partial charge in [-0.3, -0.25) is 4.79 Å². The first kappa shape index (κ1) is 12.1. The lowest BCUT2D eigenvalue weighted by atomic mass is 10.1. The van der Waals surface area contributed by atoms with Gasteiger partial charge in [-0.25, -0.2) is 0 Å². The lowest BCUT2D eigenvalue weighted by Gasteiger charge is -2.14. The zero-order chi connectivity index (χ0) is 12.0. The van der Waals surface area contributed by atoms with Gasteiger partial charge in [0, 0.05) is 12.6 Å². The Bertz CT molecular complexity index is 407. The van der Waals surface area contributed by atoms with Crippen molar-refractivity contribution in [2.24, 2.45) is 0 Å². The highest BCUT2D eigenvalue weighted by atomic mass is 16.5. The van der Waals surface area contributed by atoms with Crippen LogP contribution in [0, 0.1) is 12.3 Å². The van der Waals surface area contributed by atoms with Gasteiger partial charge in [-0.15, -0.1) is 6.42 Å². The molecule has 0 aromatic heterocycles. The third-order valence-electron chi connectivity index (χ3n) is 2.29. The zero-order valence-electron chi connectivity index (χ0n) is 9.56. The molecular weight excluding hydrogens is 202 g/mol. The van der Waals surface area contributed by atoms with E-state index in [2.05, 4.69) is 5.92 Å². The summed E-state index contributed by atoms with van der Waals surface area (Å²) in [6.45, 7) is 0.327. The summed E-state index contributed by atoms with van der Waals surface area (Å²) in [5, 5.41) is 0. The SMILES string of the molecule is C#CCN(C)C(=O)Cc1ccccc1OC. The number of hydrogen-bond donors (Lipinski definition) is 0. The summed E-state index contributed by atoms with van der Waals surface area (Å²) < 4.78 is 5.17. The van der Waals surface area contributed by atoms with Crippen molar-refractivity contribution in [2.45, 2.75) is 6.42 Å². The summed E-state index contributed by atoms with van der Waals surface area (Å²) in [7, 11) is 3.28. The average molecular weight is 217 g/mol. The average Bonchev–Trinajstić information content (AvgIpc) is 2.30. The molecule has 16 heavy (non-hydrogen) atoms. The molecule has 0 aliphatic heterocycles. The third kappa shape index (κ3) is 3.03. The Kier molecular flexibility index (Phi) is 4.41. The number of carbonyl (C=O) groups is 1. The Morgan fingerprint density at radius 2 is 2.19 bits per heavy atom. The summed E-state index contributed by atoms with van der Waals surface area (Å²) in [5.41, 5.74) is 0.874. The number of methoxy groups -OCH3 is 1. The van der Waals surface area contributed by atoms with E-state index < -0.39 is 0 Å². The molecule has 0 bridgehead atoms. The van der Waals surface area contributed by atoms with Crippen molar-refractivity contribution in [3.05, 3.63) is 29.8 Å². The molecule has 0 atom stereocenters. The van der Waals surface area contributed by atoms with Crippen LogP contribution in [0.1, 0.15) is 5.56 Å². The summed E-state index contributed by atoms with van der Waals surface area (Å²) in [6, 6.07) is 7.47. The standard InChI is InChI=1S/C13H15NO2/c1-4-9-14(2)13(15)10-11-7-5-6-8-12(11)16-3/h1,5-8H,9-10H2,2-3H3. The zero-order valence-corrected chi connectivity index (χ0v) is 9.56. The predicted molar refractivity (Wildman–Crippen MR) is 63.2 cm³/mol. The molecule has 1 amide bonds. The van der Waals surface area contributed by atoms with Gasteiger partial charge in [-0.2, -0.15) is 0 Å². The van der Waals surface area contributed by atoms with E-state index in [1.165, 1.54) is 4.90 Å². The number of para-hydroxylation sites is 1. The summed E-state index contributed by atoms with van der Waals surface area (Å²) in [6.07, 6.45) is 5.46. The second kappa shape index (κ2) is 5.82. The van der Waals surface area contributed by atoms with E-state index in [0.717, 1.165) is 11.3 Å². The van der Waals surface area contributed by atoms with Gasteiger partial charge in [-0.05, 0) is 6.07 Å². The topological polar surface area (TPSA) is 29.5 Å². The lowest BCUT2D eigenvalue weighted by molar-refractivity contribution is -0.128. The molecule has 84 valence electrons. The van der Waals surface area contributed by atoms with E-state index in [0.29, 0.717) is 13.0 Å². The monoisotopic (exact) mass is 217 g/mol. The highest BCUT2D eigenvalue weighted by molar-refractivity contribution is 5.79. The summed E-state index contributed by atoms with van der Waals surface area (Å²) >= 11 is 0. The number of carbonyl (C=O) groups excluding carboxylic acids is 1. The van der Waals surface area contributed by atoms with E-state index in [4.69, 9.17) is 11.2 Å². The lowest BCUT2D eigenvalue weighted by Crippen LogP contribution is -2.28. The highest BCUT2D eigenvalue weighted by Gasteiger charge is 2.11. The van der Waals surface area contributed by atoms with Gasteiger partial charge >= 0.3 is 0 Å². The van der Waals surface area contributed by atoms with Crippen LogP contribution >= 0.6 is 0 Å². The predicted octanol–water partition coefficient (Wildman–Crippen LogP) is 1.33. The molecule has 1 aromatic rings. The highest BCUT2D eigenvalue weighted by Crippen LogP contribution is 2.18. The maximum atomic E-state index is 11.7. The maximum absolute atomic E-state index is 11.7. The van der Waals surface area contributed by atoms with Crippen LogP contribution < -0.4 is 4.74 Å². The van der Waals surface area contributed by atoms with Crippen LogP contribution in [-0.2, 0) is 11.2 Å². The molecule has 0 N–H and O–H groups in total. The minimum atomic E-state index is -0.0116. The van der Waals surface area contributed by atoms with Crippen molar-refractivity contribution in [3.8, 4) is 18.1 Å². The van der Waals surface area contributed by atoms with E-state index in [1.54, 1.807) is 14.2 Å². The number of rotatable bonds is 4. The number of terminal acetylenes is 1. The molecule has 0 heterocycles. The molecule has 0 unspecified atom stereocenters. The first-order valence-corrected chi connectivity index (χ1v) is 4.98. The van der Waals surface area contributed by atoms with Gasteiger partial charge < -0.3 is 9.64 Å². The first-order chi connectivity index (χ1) is 7.69. The normalized spacial score (nSPS) is 9.31. The molecule has 0 fully saturated rings. The smallest absolute Gasteiger partial charge is 0.227 e. The molecular formula is C13H15NO2. The van der Waals surface area contributed by atoms with Crippen LogP contribution in [0.15, 0.2) is 24.3 Å². The molecule has 0 spiro atoms. The number of hydrogen-bond acceptors (Lipinski definition) is 2. The van der Waals surface area contributed by atoms with Crippen LogP contribution in [0.25, 0.3) is 0 Å². The Labute approximate surface area is 96.0 Å². The minimum Gasteiger partial charge on any atom is -0.496 e. The van der Waals surface area contributed by atoms with Gasteiger partial charge in [0.1, 0.15) is 5.75 Å². The van der Waals surface area contributed by atoms with E-state index >= 15 is 0 Å². The Morgan fingerprint density at radius 1 is 1.50 bits per heavy atom. The first-order valence-electron chi connectivity index (χ1n) is 4.98. The molecule has 0 aliphatic rings. The van der Waals surface area contributed by atoms with Crippen molar-refractivity contribution in [1.29, 1.82) is 0 Å². The molecule has 1 rings (SSSR count). The third-order valence-corrected chi connectivity index (χ3v) is 2.29. The fourth-order valence-corrected chi connectivity index (χ4v) is 1.37. The van der Waals surface area contributed by atoms with Crippen LogP contribution in [-0.4, -0.2) is 31.5 Å². The number of nitrogens with zero attached hydrogens (tertiary/aromatic N) is 1. The number of ether oxygens (including phenoxy) is 1. The fraction of sp³-hybridized carbons (Fsp3) is 0.308. The minimum absolute atomic E-state index is 0.0116. The summed E-state index contributed by atoms with van der Waals surface area (Å²) in [5.74, 6) is 3.15. The molecule has 3 nitrogen and oxygen atoms in total. The van der Waals surface area contributed by atoms with Crippen molar-refractivity contribution in [3.63, 3.8) is 0 Å². The quantitative estimate of drug-likeness (QED) is 0.712. The van der Waals surface area contributed by atoms with Gasteiger partial charge in [0.2, 0.25) is 5.91 Å². The van der Waals surface area contributed by atoms with Crippen LogP contribution in [0.5, 0.6) is 5.75 Å². The molecule has 1 aromatic carbocycles. The number of likely N-dealkylation sites (N-methyl/N-ethyl adjacent to an activating group) is 1. The van der Waals surface area contributed by atoms with E-state index in [9.17, 15) is 4.79 Å². The molecule has 0 saturated heterocycles. The van der Waals surface area contributed by atoms with Crippen LogP contribution in [0.4, 0.5) is 0 Å². The molecule has 0 radical (unpaired) electrons. The summed E-state index contributed by atoms with van der Waals surface area (Å²) in [4.78, 5) is 13.3. The largest absolute Gasteiger partial charge is 0.496 e. The maximum Gasteiger partial charge on any atom is 0.227 e. The van der Waals surface area contributed by atoms with Gasteiger partial charge in [0.25, 0.3) is 0 Å². The van der Waals surface area contributed by atoms with Crippen LogP contribution in [0.3, 0.4) is 0 Å². The van der Waals surface area contributed by atoms with Crippen molar-refractivity contribution < 1.29 is 9.53 Å². The Hall–Kier alpha value is -1.95. The van der Waals surface area contributed by atoms with Crippen molar-refractivity contribution >= 4 is 5.91 Å². The fourth-order valence-electron chi connectivity index (χ4n) is 1.37. The number of amides is 1. The van der Waals surface area contributed by atoms with Gasteiger partial charge in [0.15, 0.2) is 0 Å². The number of benzene rings is 1. The van der Waals surface area contributed by atoms with Crippen molar-refractivity contribution in [1.82, 2.24) is 4.90 Å². The van der Waals surface area contributed by atoms with Crippen LogP contribution in [0.2, 0.25) is 0 Å². The molecule has 0 saturated carbocycles. The Balaban J connectivity index is 2.73. The van der Waals surface area contributed by atoms with E-state index in [-0.39, 0.29) is 5.91 Å². The second-order valence-electron chi connectivity index (χ2n) is 3.44. The van der Waals surface area contributed by atoms with Crippen molar-refractivity contribution in [2.75, 3.05) is 20.7 Å². The van der Waals surface area contributed by atoms with Gasteiger partial charge in [0.05, 0.1) is 20.1 Å².